The number of furan rings is 1. The first-order valence-electron chi connectivity index (χ1n) is 7.39. The van der Waals surface area contributed by atoms with Gasteiger partial charge in [0.1, 0.15) is 5.76 Å². The number of nitrogens with zero attached hydrogens (tertiary/aromatic N) is 1. The van der Waals surface area contributed by atoms with Gasteiger partial charge in [0, 0.05) is 38.5 Å². The van der Waals surface area contributed by atoms with Crippen LogP contribution < -0.4 is 10.6 Å². The van der Waals surface area contributed by atoms with Crippen LogP contribution in [0.2, 0.25) is 0 Å². The Labute approximate surface area is 124 Å². The van der Waals surface area contributed by atoms with Gasteiger partial charge in [0.2, 0.25) is 5.91 Å². The Morgan fingerprint density at radius 1 is 1.52 bits per heavy atom. The summed E-state index contributed by atoms with van der Waals surface area (Å²) in [5.74, 6) is 0.811. The number of amides is 3. The lowest BCUT2D eigenvalue weighted by Crippen LogP contribution is -2.53. The summed E-state index contributed by atoms with van der Waals surface area (Å²) < 4.78 is 5.28. The Bertz CT molecular complexity index is 473. The Balaban J connectivity index is 1.80. The molecule has 0 radical (unpaired) electrons. The molecule has 21 heavy (non-hydrogen) atoms. The van der Waals surface area contributed by atoms with E-state index in [-0.39, 0.29) is 24.0 Å². The predicted octanol–water partition coefficient (Wildman–Crippen LogP) is 1.52. The molecule has 1 aliphatic heterocycles. The predicted molar refractivity (Wildman–Crippen MR) is 78.8 cm³/mol. The average molecular weight is 293 g/mol. The quantitative estimate of drug-likeness (QED) is 0.884. The molecule has 0 spiro atoms. The standard InChI is InChI=1S/C15H23N3O3/c1-11(9-14-6-4-8-21-14)16-15(20)18-7-3-5-13(10-18)17-12(2)19/h4,6,8,11,13H,3,5,7,9-10H2,1-2H3,(H,16,20)(H,17,19)/t11-,13+/m1/s1. The molecule has 1 aliphatic rings. The maximum Gasteiger partial charge on any atom is 0.317 e. The van der Waals surface area contributed by atoms with E-state index in [1.807, 2.05) is 19.1 Å². The number of piperidine rings is 1. The zero-order chi connectivity index (χ0) is 15.2. The highest BCUT2D eigenvalue weighted by Crippen LogP contribution is 2.11. The Morgan fingerprint density at radius 2 is 2.33 bits per heavy atom. The summed E-state index contributed by atoms with van der Waals surface area (Å²) in [6, 6.07) is 3.72. The van der Waals surface area contributed by atoms with Crippen molar-refractivity contribution in [3.05, 3.63) is 24.2 Å². The van der Waals surface area contributed by atoms with E-state index in [0.717, 1.165) is 25.1 Å². The van der Waals surface area contributed by atoms with Gasteiger partial charge in [0.05, 0.1) is 6.26 Å². The third-order valence-electron chi connectivity index (χ3n) is 3.57. The highest BCUT2D eigenvalue weighted by molar-refractivity contribution is 5.75. The number of hydrogen-bond donors (Lipinski definition) is 2. The first-order chi connectivity index (χ1) is 10.0. The van der Waals surface area contributed by atoms with Crippen LogP contribution in [0.4, 0.5) is 4.79 Å². The van der Waals surface area contributed by atoms with E-state index in [4.69, 9.17) is 4.42 Å². The molecule has 2 N–H and O–H groups in total. The summed E-state index contributed by atoms with van der Waals surface area (Å²) in [5, 5.41) is 5.86. The van der Waals surface area contributed by atoms with Gasteiger partial charge in [-0.25, -0.2) is 4.79 Å². The van der Waals surface area contributed by atoms with E-state index >= 15 is 0 Å². The normalized spacial score (nSPS) is 19.9. The first-order valence-corrected chi connectivity index (χ1v) is 7.39. The molecule has 0 aromatic carbocycles. The lowest BCUT2D eigenvalue weighted by molar-refractivity contribution is -0.119. The largest absolute Gasteiger partial charge is 0.469 e. The summed E-state index contributed by atoms with van der Waals surface area (Å²) >= 11 is 0. The van der Waals surface area contributed by atoms with Crippen LogP contribution in [0.15, 0.2) is 22.8 Å². The van der Waals surface area contributed by atoms with Gasteiger partial charge < -0.3 is 20.0 Å². The maximum absolute atomic E-state index is 12.2. The molecule has 1 saturated heterocycles. The number of urea groups is 1. The summed E-state index contributed by atoms with van der Waals surface area (Å²) in [6.07, 6.45) is 4.13. The number of hydrogen-bond acceptors (Lipinski definition) is 3. The number of rotatable bonds is 4. The van der Waals surface area contributed by atoms with Crippen LogP contribution in [-0.2, 0) is 11.2 Å². The SMILES string of the molecule is CC(=O)N[C@H]1CCCN(C(=O)N[C@H](C)Cc2ccco2)C1. The minimum absolute atomic E-state index is 0.00444. The van der Waals surface area contributed by atoms with Crippen molar-refractivity contribution in [2.24, 2.45) is 0 Å². The summed E-state index contributed by atoms with van der Waals surface area (Å²) in [4.78, 5) is 25.1. The van der Waals surface area contributed by atoms with E-state index in [1.54, 1.807) is 11.2 Å². The second-order valence-electron chi connectivity index (χ2n) is 5.62. The summed E-state index contributed by atoms with van der Waals surface area (Å²) in [5.41, 5.74) is 0. The summed E-state index contributed by atoms with van der Waals surface area (Å²) in [6.45, 7) is 4.76. The second kappa shape index (κ2) is 7.15. The van der Waals surface area contributed by atoms with Gasteiger partial charge in [-0.3, -0.25) is 4.79 Å². The van der Waals surface area contributed by atoms with Gasteiger partial charge >= 0.3 is 6.03 Å². The molecular weight excluding hydrogens is 270 g/mol. The molecule has 0 aliphatic carbocycles. The molecule has 3 amide bonds. The van der Waals surface area contributed by atoms with Crippen LogP contribution in [0.5, 0.6) is 0 Å². The summed E-state index contributed by atoms with van der Waals surface area (Å²) in [7, 11) is 0. The molecular formula is C15H23N3O3. The van der Waals surface area contributed by atoms with Gasteiger partial charge in [-0.15, -0.1) is 0 Å². The second-order valence-corrected chi connectivity index (χ2v) is 5.62. The van der Waals surface area contributed by atoms with Gasteiger partial charge in [0.25, 0.3) is 0 Å². The molecule has 2 rings (SSSR count). The molecule has 116 valence electrons. The fourth-order valence-corrected chi connectivity index (χ4v) is 2.65. The highest BCUT2D eigenvalue weighted by atomic mass is 16.3. The Hall–Kier alpha value is -1.98. The third kappa shape index (κ3) is 4.81. The van der Waals surface area contributed by atoms with Gasteiger partial charge in [0.15, 0.2) is 0 Å². The van der Waals surface area contributed by atoms with E-state index in [2.05, 4.69) is 10.6 Å². The van der Waals surface area contributed by atoms with Crippen molar-refractivity contribution in [3.8, 4) is 0 Å². The van der Waals surface area contributed by atoms with Crippen LogP contribution in [0.1, 0.15) is 32.4 Å². The van der Waals surface area contributed by atoms with E-state index in [9.17, 15) is 9.59 Å². The van der Waals surface area contributed by atoms with Crippen LogP contribution in [0.3, 0.4) is 0 Å². The molecule has 0 bridgehead atoms. The van der Waals surface area contributed by atoms with Crippen molar-refractivity contribution >= 4 is 11.9 Å². The zero-order valence-corrected chi connectivity index (χ0v) is 12.6. The van der Waals surface area contributed by atoms with Crippen LogP contribution >= 0.6 is 0 Å². The molecule has 1 fully saturated rings. The van der Waals surface area contributed by atoms with Gasteiger partial charge in [-0.2, -0.15) is 0 Å². The highest BCUT2D eigenvalue weighted by Gasteiger charge is 2.24. The number of carbonyl (C=O) groups is 2. The minimum Gasteiger partial charge on any atom is -0.469 e. The topological polar surface area (TPSA) is 74.6 Å². The van der Waals surface area contributed by atoms with E-state index in [1.165, 1.54) is 6.92 Å². The Morgan fingerprint density at radius 3 is 3.00 bits per heavy atom. The number of carbonyl (C=O) groups excluding carboxylic acids is 2. The van der Waals surface area contributed by atoms with Gasteiger partial charge in [-0.05, 0) is 31.9 Å². The van der Waals surface area contributed by atoms with Crippen LogP contribution in [0, 0.1) is 0 Å². The van der Waals surface area contributed by atoms with Crippen molar-refractivity contribution in [2.75, 3.05) is 13.1 Å². The molecule has 2 atom stereocenters. The fraction of sp³-hybridized carbons (Fsp3) is 0.600. The zero-order valence-electron chi connectivity index (χ0n) is 12.6. The van der Waals surface area contributed by atoms with Crippen LogP contribution in [-0.4, -0.2) is 42.0 Å². The minimum atomic E-state index is -0.0795. The molecule has 0 saturated carbocycles. The first kappa shape index (κ1) is 15.4. The lowest BCUT2D eigenvalue weighted by atomic mass is 10.1. The van der Waals surface area contributed by atoms with Crippen molar-refractivity contribution in [1.82, 2.24) is 15.5 Å². The Kier molecular flexibility index (Phi) is 5.25. The monoisotopic (exact) mass is 293 g/mol. The fourth-order valence-electron chi connectivity index (χ4n) is 2.65. The molecule has 0 unspecified atom stereocenters. The molecule has 6 heteroatoms. The van der Waals surface area contributed by atoms with Crippen molar-refractivity contribution in [1.29, 1.82) is 0 Å². The molecule has 2 heterocycles. The number of likely N-dealkylation sites (tertiary alicyclic amines) is 1. The smallest absolute Gasteiger partial charge is 0.317 e. The third-order valence-corrected chi connectivity index (χ3v) is 3.57. The van der Waals surface area contributed by atoms with Gasteiger partial charge in [-0.1, -0.05) is 0 Å². The molecule has 1 aromatic rings. The van der Waals surface area contributed by atoms with Crippen molar-refractivity contribution in [2.45, 2.75) is 45.2 Å². The average Bonchev–Trinajstić information content (AvgIpc) is 2.90. The van der Waals surface area contributed by atoms with E-state index in [0.29, 0.717) is 13.0 Å². The lowest BCUT2D eigenvalue weighted by Gasteiger charge is -2.33. The van der Waals surface area contributed by atoms with Crippen molar-refractivity contribution < 1.29 is 14.0 Å². The van der Waals surface area contributed by atoms with Crippen molar-refractivity contribution in [3.63, 3.8) is 0 Å². The van der Waals surface area contributed by atoms with E-state index < -0.39 is 0 Å². The maximum atomic E-state index is 12.2. The van der Waals surface area contributed by atoms with Crippen LogP contribution in [0.25, 0.3) is 0 Å². The number of nitrogens with one attached hydrogen (secondary N) is 2. The molecule has 6 nitrogen and oxygen atoms in total. The molecule has 1 aromatic heterocycles.